The summed E-state index contributed by atoms with van der Waals surface area (Å²) in [6.45, 7) is 0. The fraction of sp³-hybridized carbons (Fsp3) is 0.0952. The molecule has 0 aliphatic rings. The maximum absolute atomic E-state index is 12.8. The van der Waals surface area contributed by atoms with Crippen LogP contribution in [0.3, 0.4) is 0 Å². The molecule has 1 amide bonds. The standard InChI is InChI=1S/C21H19ClN2O4S/c1-24(29(2,26)27)15-12-13-18(22)17(14-15)21(25)23-19-10-6-7-11-20(19)28-16-8-4-3-5-9-16/h3-14H,1-2H3,(H,23,25). The number of carbonyl (C=O) groups excluding carboxylic acids is 1. The van der Waals surface area contributed by atoms with E-state index in [1.54, 1.807) is 36.4 Å². The van der Waals surface area contributed by atoms with Crippen molar-refractivity contribution in [1.29, 1.82) is 0 Å². The fourth-order valence-electron chi connectivity index (χ4n) is 2.54. The summed E-state index contributed by atoms with van der Waals surface area (Å²) in [7, 11) is -2.07. The van der Waals surface area contributed by atoms with Gasteiger partial charge >= 0.3 is 0 Å². The molecule has 150 valence electrons. The molecule has 3 aromatic carbocycles. The smallest absolute Gasteiger partial charge is 0.257 e. The van der Waals surface area contributed by atoms with Gasteiger partial charge in [-0.3, -0.25) is 9.10 Å². The zero-order chi connectivity index (χ0) is 21.0. The largest absolute Gasteiger partial charge is 0.455 e. The van der Waals surface area contributed by atoms with Gasteiger partial charge in [0.05, 0.1) is 28.2 Å². The molecule has 0 spiro atoms. The lowest BCUT2D eigenvalue weighted by atomic mass is 10.1. The zero-order valence-electron chi connectivity index (χ0n) is 15.8. The quantitative estimate of drug-likeness (QED) is 0.610. The Bertz CT molecular complexity index is 1130. The third kappa shape index (κ3) is 5.07. The van der Waals surface area contributed by atoms with E-state index in [4.69, 9.17) is 16.3 Å². The van der Waals surface area contributed by atoms with E-state index in [2.05, 4.69) is 5.32 Å². The molecular weight excluding hydrogens is 412 g/mol. The van der Waals surface area contributed by atoms with Crippen LogP contribution in [0.25, 0.3) is 0 Å². The molecule has 0 unspecified atom stereocenters. The Kier molecular flexibility index (Phi) is 6.10. The van der Waals surface area contributed by atoms with Crippen molar-refractivity contribution in [3.05, 3.63) is 83.4 Å². The van der Waals surface area contributed by atoms with Gasteiger partial charge in [0.15, 0.2) is 5.75 Å². The van der Waals surface area contributed by atoms with Crippen LogP contribution in [-0.4, -0.2) is 27.6 Å². The molecule has 0 bridgehead atoms. The molecule has 0 saturated carbocycles. The zero-order valence-corrected chi connectivity index (χ0v) is 17.4. The van der Waals surface area contributed by atoms with Crippen molar-refractivity contribution in [2.45, 2.75) is 0 Å². The number of anilines is 2. The lowest BCUT2D eigenvalue weighted by Crippen LogP contribution is -2.25. The summed E-state index contributed by atoms with van der Waals surface area (Å²) in [5, 5.41) is 2.98. The van der Waals surface area contributed by atoms with E-state index in [1.807, 2.05) is 18.2 Å². The van der Waals surface area contributed by atoms with Crippen molar-refractivity contribution in [2.75, 3.05) is 22.9 Å². The molecule has 0 radical (unpaired) electrons. The van der Waals surface area contributed by atoms with Crippen LogP contribution in [0.2, 0.25) is 5.02 Å². The Morgan fingerprint density at radius 3 is 2.34 bits per heavy atom. The van der Waals surface area contributed by atoms with Crippen molar-refractivity contribution >= 4 is 38.9 Å². The molecule has 0 saturated heterocycles. The summed E-state index contributed by atoms with van der Waals surface area (Å²) in [5.41, 5.74) is 0.935. The molecule has 29 heavy (non-hydrogen) atoms. The molecule has 0 heterocycles. The summed E-state index contributed by atoms with van der Waals surface area (Å²) < 4.78 is 30.5. The summed E-state index contributed by atoms with van der Waals surface area (Å²) >= 11 is 6.19. The second-order valence-corrected chi connectivity index (χ2v) is 8.68. The number of hydrogen-bond donors (Lipinski definition) is 1. The van der Waals surface area contributed by atoms with Gasteiger partial charge in [0.25, 0.3) is 5.91 Å². The first-order valence-electron chi connectivity index (χ1n) is 8.62. The SMILES string of the molecule is CN(c1ccc(Cl)c(C(=O)Nc2ccccc2Oc2ccccc2)c1)S(C)(=O)=O. The van der Waals surface area contributed by atoms with Crippen LogP contribution in [0.5, 0.6) is 11.5 Å². The first kappa shape index (κ1) is 20.7. The van der Waals surface area contributed by atoms with Gasteiger partial charge in [-0.05, 0) is 42.5 Å². The Hall–Kier alpha value is -3.03. The molecule has 0 aliphatic carbocycles. The first-order valence-corrected chi connectivity index (χ1v) is 10.8. The van der Waals surface area contributed by atoms with Gasteiger partial charge in [0.1, 0.15) is 5.75 Å². The van der Waals surface area contributed by atoms with Crippen LogP contribution < -0.4 is 14.4 Å². The molecule has 3 aromatic rings. The van der Waals surface area contributed by atoms with Crippen molar-refractivity contribution in [2.24, 2.45) is 0 Å². The summed E-state index contributed by atoms with van der Waals surface area (Å²) in [5.74, 6) is 0.611. The Balaban J connectivity index is 1.88. The minimum absolute atomic E-state index is 0.147. The highest BCUT2D eigenvalue weighted by molar-refractivity contribution is 7.92. The molecule has 8 heteroatoms. The minimum atomic E-state index is -3.47. The number of nitrogens with one attached hydrogen (secondary N) is 1. The maximum Gasteiger partial charge on any atom is 0.257 e. The third-order valence-corrected chi connectivity index (χ3v) is 5.70. The number of hydrogen-bond acceptors (Lipinski definition) is 4. The topological polar surface area (TPSA) is 75.7 Å². The average molecular weight is 431 g/mol. The lowest BCUT2D eigenvalue weighted by Gasteiger charge is -2.18. The number of rotatable bonds is 6. The number of carbonyl (C=O) groups is 1. The highest BCUT2D eigenvalue weighted by atomic mass is 35.5. The fourth-order valence-corrected chi connectivity index (χ4v) is 3.24. The molecule has 3 rings (SSSR count). The summed E-state index contributed by atoms with van der Waals surface area (Å²) in [4.78, 5) is 12.8. The van der Waals surface area contributed by atoms with E-state index in [1.165, 1.54) is 25.2 Å². The Morgan fingerprint density at radius 2 is 1.66 bits per heavy atom. The van der Waals surface area contributed by atoms with Gasteiger partial charge in [-0.25, -0.2) is 8.42 Å². The number of sulfonamides is 1. The molecule has 0 aromatic heterocycles. The predicted octanol–water partition coefficient (Wildman–Crippen LogP) is 4.78. The summed E-state index contributed by atoms with van der Waals surface area (Å²) in [6, 6.07) is 20.6. The van der Waals surface area contributed by atoms with E-state index in [0.29, 0.717) is 22.9 Å². The molecule has 0 aliphatic heterocycles. The van der Waals surface area contributed by atoms with Gasteiger partial charge < -0.3 is 10.1 Å². The van der Waals surface area contributed by atoms with Gasteiger partial charge in [0, 0.05) is 7.05 Å². The summed E-state index contributed by atoms with van der Waals surface area (Å²) in [6.07, 6.45) is 1.08. The maximum atomic E-state index is 12.8. The van der Waals surface area contributed by atoms with E-state index in [0.717, 1.165) is 10.6 Å². The van der Waals surface area contributed by atoms with E-state index >= 15 is 0 Å². The number of halogens is 1. The monoisotopic (exact) mass is 430 g/mol. The van der Waals surface area contributed by atoms with Crippen LogP contribution >= 0.6 is 11.6 Å². The second-order valence-electron chi connectivity index (χ2n) is 6.26. The molecular formula is C21H19ClN2O4S. The normalized spacial score (nSPS) is 11.0. The van der Waals surface area contributed by atoms with E-state index < -0.39 is 15.9 Å². The van der Waals surface area contributed by atoms with Crippen LogP contribution in [0.1, 0.15) is 10.4 Å². The van der Waals surface area contributed by atoms with Crippen molar-refractivity contribution in [3.8, 4) is 11.5 Å². The number of benzene rings is 3. The molecule has 0 fully saturated rings. The van der Waals surface area contributed by atoms with Crippen LogP contribution in [-0.2, 0) is 10.0 Å². The highest BCUT2D eigenvalue weighted by Gasteiger charge is 2.18. The predicted molar refractivity (Wildman–Crippen MR) is 116 cm³/mol. The molecule has 1 N–H and O–H groups in total. The van der Waals surface area contributed by atoms with Crippen LogP contribution in [0.15, 0.2) is 72.8 Å². The van der Waals surface area contributed by atoms with Gasteiger partial charge in [-0.2, -0.15) is 0 Å². The van der Waals surface area contributed by atoms with E-state index in [9.17, 15) is 13.2 Å². The van der Waals surface area contributed by atoms with Crippen LogP contribution in [0.4, 0.5) is 11.4 Å². The van der Waals surface area contributed by atoms with E-state index in [-0.39, 0.29) is 10.6 Å². The number of nitrogens with zero attached hydrogens (tertiary/aromatic N) is 1. The lowest BCUT2D eigenvalue weighted by molar-refractivity contribution is 0.102. The number of amides is 1. The van der Waals surface area contributed by atoms with Gasteiger partial charge in [-0.1, -0.05) is 41.9 Å². The minimum Gasteiger partial charge on any atom is -0.455 e. The number of ether oxygens (including phenoxy) is 1. The van der Waals surface area contributed by atoms with Crippen molar-refractivity contribution in [1.82, 2.24) is 0 Å². The van der Waals surface area contributed by atoms with Gasteiger partial charge in [-0.15, -0.1) is 0 Å². The Labute approximate surface area is 174 Å². The van der Waals surface area contributed by atoms with Crippen LogP contribution in [0, 0.1) is 0 Å². The third-order valence-electron chi connectivity index (χ3n) is 4.16. The number of para-hydroxylation sites is 3. The first-order chi connectivity index (χ1) is 13.8. The average Bonchev–Trinajstić information content (AvgIpc) is 2.69. The van der Waals surface area contributed by atoms with Crippen molar-refractivity contribution in [3.63, 3.8) is 0 Å². The van der Waals surface area contributed by atoms with Gasteiger partial charge in [0.2, 0.25) is 10.0 Å². The Morgan fingerprint density at radius 1 is 1.00 bits per heavy atom. The molecule has 0 atom stereocenters. The highest BCUT2D eigenvalue weighted by Crippen LogP contribution is 2.31. The molecule has 6 nitrogen and oxygen atoms in total. The van der Waals surface area contributed by atoms with Crippen molar-refractivity contribution < 1.29 is 17.9 Å². The second kappa shape index (κ2) is 8.55.